The minimum absolute atomic E-state index is 0.00725. The van der Waals surface area contributed by atoms with Crippen LogP contribution in [0, 0.1) is 5.92 Å². The zero-order chi connectivity index (χ0) is 18.1. The number of furan rings is 1. The van der Waals surface area contributed by atoms with Crippen LogP contribution in [0.4, 0.5) is 0 Å². The van der Waals surface area contributed by atoms with Crippen molar-refractivity contribution in [2.45, 2.75) is 51.6 Å². The Kier molecular flexibility index (Phi) is 7.50. The van der Waals surface area contributed by atoms with E-state index in [9.17, 15) is 14.4 Å². The number of carbonyl (C=O) groups is 3. The summed E-state index contributed by atoms with van der Waals surface area (Å²) in [7, 11) is 0. The number of carbonyl (C=O) groups excluding carboxylic acids is 3. The molecule has 1 atom stereocenters. The summed E-state index contributed by atoms with van der Waals surface area (Å²) in [6.45, 7) is 2.31. The number of rotatable bonds is 8. The molecule has 0 aliphatic heterocycles. The largest absolute Gasteiger partial charge is 0.459 e. The first-order valence-electron chi connectivity index (χ1n) is 8.85. The van der Waals surface area contributed by atoms with E-state index in [2.05, 4.69) is 10.6 Å². The molecule has 1 aromatic rings. The summed E-state index contributed by atoms with van der Waals surface area (Å²) >= 11 is 0. The average molecular weight is 350 g/mol. The van der Waals surface area contributed by atoms with Crippen LogP contribution in [0.1, 0.15) is 56.0 Å². The molecule has 7 heteroatoms. The van der Waals surface area contributed by atoms with Crippen molar-refractivity contribution >= 4 is 17.8 Å². The van der Waals surface area contributed by atoms with Gasteiger partial charge in [-0.1, -0.05) is 19.3 Å². The van der Waals surface area contributed by atoms with Crippen LogP contribution in [0.3, 0.4) is 0 Å². The maximum Gasteiger partial charge on any atom is 0.308 e. The van der Waals surface area contributed by atoms with Crippen LogP contribution in [-0.4, -0.2) is 37.0 Å². The lowest BCUT2D eigenvalue weighted by Crippen LogP contribution is -2.39. The molecule has 2 amide bonds. The van der Waals surface area contributed by atoms with Crippen molar-refractivity contribution in [3.05, 3.63) is 24.2 Å². The molecule has 1 heterocycles. The van der Waals surface area contributed by atoms with E-state index in [1.165, 1.54) is 31.6 Å². The van der Waals surface area contributed by atoms with Gasteiger partial charge in [-0.05, 0) is 37.8 Å². The molecule has 0 radical (unpaired) electrons. The lowest BCUT2D eigenvalue weighted by Gasteiger charge is -2.22. The molecular weight excluding hydrogens is 324 g/mol. The van der Waals surface area contributed by atoms with Gasteiger partial charge < -0.3 is 19.8 Å². The van der Waals surface area contributed by atoms with Crippen molar-refractivity contribution in [2.75, 3.05) is 13.1 Å². The van der Waals surface area contributed by atoms with Gasteiger partial charge in [0.05, 0.1) is 12.7 Å². The van der Waals surface area contributed by atoms with Crippen molar-refractivity contribution in [3.8, 4) is 0 Å². The summed E-state index contributed by atoms with van der Waals surface area (Å²) in [6, 6.07) is 3.14. The smallest absolute Gasteiger partial charge is 0.308 e. The molecule has 1 aromatic heterocycles. The number of esters is 1. The molecule has 1 saturated carbocycles. The van der Waals surface area contributed by atoms with E-state index >= 15 is 0 Å². The van der Waals surface area contributed by atoms with Gasteiger partial charge in [0, 0.05) is 13.1 Å². The second kappa shape index (κ2) is 9.86. The highest BCUT2D eigenvalue weighted by molar-refractivity contribution is 5.91. The Hall–Kier alpha value is -2.31. The first kappa shape index (κ1) is 19.0. The van der Waals surface area contributed by atoms with Gasteiger partial charge in [0.2, 0.25) is 0 Å². The van der Waals surface area contributed by atoms with Crippen molar-refractivity contribution in [3.63, 3.8) is 0 Å². The molecule has 0 bridgehead atoms. The van der Waals surface area contributed by atoms with Crippen LogP contribution < -0.4 is 10.6 Å². The third-order valence-electron chi connectivity index (χ3n) is 4.33. The maximum atomic E-state index is 12.0. The number of hydrogen-bond acceptors (Lipinski definition) is 5. The second-order valence-corrected chi connectivity index (χ2v) is 6.36. The molecule has 2 rings (SSSR count). The average Bonchev–Trinajstić information content (AvgIpc) is 3.15. The standard InChI is InChI=1S/C18H26N2O5/c1-13(17(22)20-12-14-6-3-2-4-7-14)25-16(21)9-10-19-18(23)15-8-5-11-24-15/h5,8,11,13-14H,2-4,6-7,9-10,12H2,1H3,(H,19,23)(H,20,22). The van der Waals surface area contributed by atoms with Crippen molar-refractivity contribution in [1.82, 2.24) is 10.6 Å². The zero-order valence-electron chi connectivity index (χ0n) is 14.6. The van der Waals surface area contributed by atoms with Gasteiger partial charge in [-0.15, -0.1) is 0 Å². The van der Waals surface area contributed by atoms with Gasteiger partial charge in [-0.3, -0.25) is 14.4 Å². The predicted molar refractivity (Wildman–Crippen MR) is 90.8 cm³/mol. The van der Waals surface area contributed by atoms with E-state index in [0.29, 0.717) is 12.5 Å². The summed E-state index contributed by atoms with van der Waals surface area (Å²) < 4.78 is 10.0. The van der Waals surface area contributed by atoms with Gasteiger partial charge in [0.1, 0.15) is 0 Å². The molecular formula is C18H26N2O5. The molecule has 7 nitrogen and oxygen atoms in total. The Bertz CT molecular complexity index is 564. The Balaban J connectivity index is 1.60. The molecule has 0 saturated heterocycles. The molecule has 1 unspecified atom stereocenters. The van der Waals surface area contributed by atoms with E-state index < -0.39 is 18.0 Å². The van der Waals surface area contributed by atoms with Crippen molar-refractivity contribution in [1.29, 1.82) is 0 Å². The van der Waals surface area contributed by atoms with Gasteiger partial charge in [0.15, 0.2) is 11.9 Å². The molecule has 0 aromatic carbocycles. The van der Waals surface area contributed by atoms with E-state index in [1.54, 1.807) is 13.0 Å². The summed E-state index contributed by atoms with van der Waals surface area (Å²) in [5, 5.41) is 5.40. The molecule has 1 fully saturated rings. The van der Waals surface area contributed by atoms with Gasteiger partial charge >= 0.3 is 5.97 Å². The van der Waals surface area contributed by atoms with Gasteiger partial charge in [-0.25, -0.2) is 0 Å². The summed E-state index contributed by atoms with van der Waals surface area (Å²) in [6.07, 6.45) is 6.55. The SMILES string of the molecule is CC(OC(=O)CCNC(=O)c1ccco1)C(=O)NCC1CCCCC1. The monoisotopic (exact) mass is 350 g/mol. The summed E-state index contributed by atoms with van der Waals surface area (Å²) in [4.78, 5) is 35.4. The first-order valence-corrected chi connectivity index (χ1v) is 8.85. The van der Waals surface area contributed by atoms with Gasteiger partial charge in [0.25, 0.3) is 11.8 Å². The molecule has 25 heavy (non-hydrogen) atoms. The molecule has 0 spiro atoms. The fourth-order valence-corrected chi connectivity index (χ4v) is 2.86. The topological polar surface area (TPSA) is 97.6 Å². The maximum absolute atomic E-state index is 12.0. The highest BCUT2D eigenvalue weighted by Crippen LogP contribution is 2.22. The highest BCUT2D eigenvalue weighted by atomic mass is 16.5. The Morgan fingerprint density at radius 1 is 1.24 bits per heavy atom. The number of amides is 2. The lowest BCUT2D eigenvalue weighted by molar-refractivity contribution is -0.154. The van der Waals surface area contributed by atoms with Gasteiger partial charge in [-0.2, -0.15) is 0 Å². The minimum Gasteiger partial charge on any atom is -0.459 e. The van der Waals surface area contributed by atoms with Crippen LogP contribution in [0.15, 0.2) is 22.8 Å². The van der Waals surface area contributed by atoms with E-state index in [4.69, 9.17) is 9.15 Å². The Labute approximate surface area is 147 Å². The van der Waals surface area contributed by atoms with E-state index in [1.807, 2.05) is 0 Å². The Morgan fingerprint density at radius 2 is 2.00 bits per heavy atom. The number of nitrogens with one attached hydrogen (secondary N) is 2. The quantitative estimate of drug-likeness (QED) is 0.699. The third kappa shape index (κ3) is 6.60. The molecule has 138 valence electrons. The fourth-order valence-electron chi connectivity index (χ4n) is 2.86. The van der Waals surface area contributed by atoms with Crippen molar-refractivity contribution < 1.29 is 23.5 Å². The number of hydrogen-bond donors (Lipinski definition) is 2. The van der Waals surface area contributed by atoms with E-state index in [-0.39, 0.29) is 24.6 Å². The summed E-state index contributed by atoms with van der Waals surface area (Å²) in [5.74, 6) is -0.490. The fraction of sp³-hybridized carbons (Fsp3) is 0.611. The molecule has 1 aliphatic carbocycles. The zero-order valence-corrected chi connectivity index (χ0v) is 14.6. The van der Waals surface area contributed by atoms with E-state index in [0.717, 1.165) is 12.8 Å². The van der Waals surface area contributed by atoms with Crippen LogP contribution in [0.5, 0.6) is 0 Å². The molecule has 2 N–H and O–H groups in total. The predicted octanol–water partition coefficient (Wildman–Crippen LogP) is 2.03. The van der Waals surface area contributed by atoms with Crippen LogP contribution >= 0.6 is 0 Å². The van der Waals surface area contributed by atoms with Crippen LogP contribution in [0.25, 0.3) is 0 Å². The normalized spacial score (nSPS) is 16.0. The van der Waals surface area contributed by atoms with Crippen LogP contribution in [-0.2, 0) is 14.3 Å². The van der Waals surface area contributed by atoms with Crippen LogP contribution in [0.2, 0.25) is 0 Å². The second-order valence-electron chi connectivity index (χ2n) is 6.36. The lowest BCUT2D eigenvalue weighted by atomic mass is 9.89. The number of ether oxygens (including phenoxy) is 1. The molecule has 1 aliphatic rings. The minimum atomic E-state index is -0.836. The third-order valence-corrected chi connectivity index (χ3v) is 4.33. The highest BCUT2D eigenvalue weighted by Gasteiger charge is 2.20. The Morgan fingerprint density at radius 3 is 2.68 bits per heavy atom. The summed E-state index contributed by atoms with van der Waals surface area (Å²) in [5.41, 5.74) is 0. The van der Waals surface area contributed by atoms with Crippen molar-refractivity contribution in [2.24, 2.45) is 5.92 Å². The first-order chi connectivity index (χ1) is 12.1.